The first-order chi connectivity index (χ1) is 13.2. The number of hydrogen-bond acceptors (Lipinski definition) is 7. The molecule has 0 saturated heterocycles. The SMILES string of the molecule is COc1ccccc1-n1nnnc1SCc1cc(=O)n2c(C)cccc2n1. The lowest BCUT2D eigenvalue weighted by Gasteiger charge is -2.09. The van der Waals surface area contributed by atoms with Crippen molar-refractivity contribution in [3.8, 4) is 11.4 Å². The predicted molar refractivity (Wildman–Crippen MR) is 101 cm³/mol. The number of pyridine rings is 1. The maximum absolute atomic E-state index is 12.4. The largest absolute Gasteiger partial charge is 0.494 e. The summed E-state index contributed by atoms with van der Waals surface area (Å²) in [5.41, 5.74) is 2.80. The molecule has 0 saturated carbocycles. The zero-order valence-electron chi connectivity index (χ0n) is 14.7. The third kappa shape index (κ3) is 3.28. The molecule has 0 radical (unpaired) electrons. The lowest BCUT2D eigenvalue weighted by Crippen LogP contribution is -2.17. The normalized spacial score (nSPS) is 11.0. The molecule has 27 heavy (non-hydrogen) atoms. The van der Waals surface area contributed by atoms with Crippen molar-refractivity contribution in [2.24, 2.45) is 0 Å². The van der Waals surface area contributed by atoms with Crippen molar-refractivity contribution in [2.75, 3.05) is 7.11 Å². The first kappa shape index (κ1) is 17.2. The summed E-state index contributed by atoms with van der Waals surface area (Å²) in [5, 5.41) is 12.5. The summed E-state index contributed by atoms with van der Waals surface area (Å²) in [6.45, 7) is 1.88. The van der Waals surface area contributed by atoms with Gasteiger partial charge in [-0.1, -0.05) is 30.0 Å². The molecule has 3 heterocycles. The summed E-state index contributed by atoms with van der Waals surface area (Å²) in [7, 11) is 1.60. The van der Waals surface area contributed by atoms with Crippen LogP contribution in [0.1, 0.15) is 11.4 Å². The Balaban J connectivity index is 1.63. The van der Waals surface area contributed by atoms with Crippen molar-refractivity contribution in [2.45, 2.75) is 17.8 Å². The Morgan fingerprint density at radius 2 is 2.00 bits per heavy atom. The van der Waals surface area contributed by atoms with Crippen molar-refractivity contribution >= 4 is 17.4 Å². The maximum atomic E-state index is 12.4. The Hall–Kier alpha value is -3.20. The Morgan fingerprint density at radius 3 is 2.85 bits per heavy atom. The van der Waals surface area contributed by atoms with E-state index in [1.165, 1.54) is 11.8 Å². The first-order valence-electron chi connectivity index (χ1n) is 8.20. The van der Waals surface area contributed by atoms with E-state index in [9.17, 15) is 4.79 Å². The fraction of sp³-hybridized carbons (Fsp3) is 0.167. The van der Waals surface area contributed by atoms with Crippen LogP contribution in [0.15, 0.2) is 58.5 Å². The van der Waals surface area contributed by atoms with Crippen LogP contribution in [0.5, 0.6) is 5.75 Å². The van der Waals surface area contributed by atoms with Gasteiger partial charge in [-0.25, -0.2) is 4.98 Å². The first-order valence-corrected chi connectivity index (χ1v) is 9.19. The molecular formula is C18H16N6O2S. The molecule has 9 heteroatoms. The smallest absolute Gasteiger partial charge is 0.258 e. The molecule has 4 rings (SSSR count). The number of methoxy groups -OCH3 is 1. The molecule has 0 N–H and O–H groups in total. The van der Waals surface area contributed by atoms with Gasteiger partial charge in [0.05, 0.1) is 12.8 Å². The van der Waals surface area contributed by atoms with Gasteiger partial charge >= 0.3 is 0 Å². The number of hydrogen-bond donors (Lipinski definition) is 0. The molecule has 0 spiro atoms. The fourth-order valence-corrected chi connectivity index (χ4v) is 3.58. The number of nitrogens with zero attached hydrogens (tertiary/aromatic N) is 6. The number of aromatic nitrogens is 6. The minimum Gasteiger partial charge on any atom is -0.494 e. The fourth-order valence-electron chi connectivity index (χ4n) is 2.80. The zero-order valence-corrected chi connectivity index (χ0v) is 15.6. The van der Waals surface area contributed by atoms with Crippen LogP contribution in [0.2, 0.25) is 0 Å². The molecule has 4 aromatic rings. The number of fused-ring (bicyclic) bond motifs is 1. The second-order valence-corrected chi connectivity index (χ2v) is 6.72. The minimum atomic E-state index is -0.0991. The Labute approximate surface area is 158 Å². The second-order valence-electron chi connectivity index (χ2n) is 5.78. The molecule has 0 aliphatic carbocycles. The van der Waals surface area contributed by atoms with Gasteiger partial charge in [0.1, 0.15) is 17.1 Å². The molecule has 8 nitrogen and oxygen atoms in total. The van der Waals surface area contributed by atoms with Gasteiger partial charge in [-0.15, -0.1) is 5.10 Å². The van der Waals surface area contributed by atoms with E-state index in [4.69, 9.17) is 4.74 Å². The second kappa shape index (κ2) is 7.20. The van der Waals surface area contributed by atoms with E-state index >= 15 is 0 Å². The number of thioether (sulfide) groups is 1. The van der Waals surface area contributed by atoms with Crippen molar-refractivity contribution in [1.29, 1.82) is 0 Å². The molecule has 0 atom stereocenters. The Morgan fingerprint density at radius 1 is 1.15 bits per heavy atom. The summed E-state index contributed by atoms with van der Waals surface area (Å²) in [5.74, 6) is 1.14. The van der Waals surface area contributed by atoms with Crippen molar-refractivity contribution in [3.63, 3.8) is 0 Å². The quantitative estimate of drug-likeness (QED) is 0.491. The molecule has 3 aromatic heterocycles. The summed E-state index contributed by atoms with van der Waals surface area (Å²) in [6.07, 6.45) is 0. The zero-order chi connectivity index (χ0) is 18.8. The molecule has 0 unspecified atom stereocenters. The van der Waals surface area contributed by atoms with Crippen LogP contribution in [-0.4, -0.2) is 36.7 Å². The lowest BCUT2D eigenvalue weighted by atomic mass is 10.3. The van der Waals surface area contributed by atoms with Gasteiger partial charge in [0.25, 0.3) is 5.56 Å². The van der Waals surface area contributed by atoms with Gasteiger partial charge in [-0.2, -0.15) is 4.68 Å². The van der Waals surface area contributed by atoms with E-state index in [0.29, 0.717) is 28.0 Å². The van der Waals surface area contributed by atoms with Crippen LogP contribution in [0.3, 0.4) is 0 Å². The Kier molecular flexibility index (Phi) is 4.59. The van der Waals surface area contributed by atoms with Crippen molar-refractivity contribution in [1.82, 2.24) is 29.6 Å². The highest BCUT2D eigenvalue weighted by Gasteiger charge is 2.14. The monoisotopic (exact) mass is 380 g/mol. The number of para-hydroxylation sites is 2. The van der Waals surface area contributed by atoms with Crippen LogP contribution < -0.4 is 10.3 Å². The van der Waals surface area contributed by atoms with Gasteiger partial charge in [-0.3, -0.25) is 9.20 Å². The number of tetrazole rings is 1. The van der Waals surface area contributed by atoms with Gasteiger partial charge < -0.3 is 4.74 Å². The summed E-state index contributed by atoms with van der Waals surface area (Å²) in [6, 6.07) is 14.6. The van der Waals surface area contributed by atoms with Gasteiger partial charge in [0.2, 0.25) is 5.16 Å². The number of aryl methyl sites for hydroxylation is 1. The molecule has 0 fully saturated rings. The third-order valence-electron chi connectivity index (χ3n) is 4.04. The van der Waals surface area contributed by atoms with Gasteiger partial charge in [-0.05, 0) is 41.6 Å². The van der Waals surface area contributed by atoms with Gasteiger partial charge in [0, 0.05) is 17.5 Å². The molecule has 1 aromatic carbocycles. The van der Waals surface area contributed by atoms with Crippen LogP contribution in [0, 0.1) is 6.92 Å². The highest BCUT2D eigenvalue weighted by atomic mass is 32.2. The molecule has 0 amide bonds. The van der Waals surface area contributed by atoms with E-state index in [2.05, 4.69) is 20.5 Å². The highest BCUT2D eigenvalue weighted by molar-refractivity contribution is 7.98. The molecule has 0 aliphatic rings. The van der Waals surface area contributed by atoms with E-state index in [1.54, 1.807) is 22.3 Å². The topological polar surface area (TPSA) is 87.2 Å². The van der Waals surface area contributed by atoms with Crippen LogP contribution in [0.25, 0.3) is 11.3 Å². The van der Waals surface area contributed by atoms with E-state index in [1.807, 2.05) is 49.4 Å². The minimum absolute atomic E-state index is 0.0991. The predicted octanol–water partition coefficient (Wildman–Crippen LogP) is 2.28. The average molecular weight is 380 g/mol. The standard InChI is InChI=1S/C18H16N6O2S/c1-12-6-5-9-16-19-13(10-17(25)23(12)16)11-27-18-20-21-22-24(18)14-7-3-4-8-15(14)26-2/h3-10H,11H2,1-2H3. The number of benzene rings is 1. The van der Waals surface area contributed by atoms with E-state index in [-0.39, 0.29) is 5.56 Å². The average Bonchev–Trinajstić information content (AvgIpc) is 3.14. The summed E-state index contributed by atoms with van der Waals surface area (Å²) >= 11 is 1.40. The van der Waals surface area contributed by atoms with Crippen molar-refractivity contribution in [3.05, 3.63) is 70.3 Å². The molecule has 136 valence electrons. The lowest BCUT2D eigenvalue weighted by molar-refractivity contribution is 0.410. The number of ether oxygens (including phenoxy) is 1. The highest BCUT2D eigenvalue weighted by Crippen LogP contribution is 2.26. The molecular weight excluding hydrogens is 364 g/mol. The van der Waals surface area contributed by atoms with E-state index in [0.717, 1.165) is 11.4 Å². The van der Waals surface area contributed by atoms with Gasteiger partial charge in [0.15, 0.2) is 0 Å². The third-order valence-corrected chi connectivity index (χ3v) is 4.99. The molecule has 0 bridgehead atoms. The van der Waals surface area contributed by atoms with E-state index < -0.39 is 0 Å². The van der Waals surface area contributed by atoms with Crippen molar-refractivity contribution < 1.29 is 4.74 Å². The Bertz CT molecular complexity index is 1170. The van der Waals surface area contributed by atoms with Crippen LogP contribution >= 0.6 is 11.8 Å². The van der Waals surface area contributed by atoms with Crippen LogP contribution in [-0.2, 0) is 5.75 Å². The summed E-state index contributed by atoms with van der Waals surface area (Å²) < 4.78 is 8.58. The number of rotatable bonds is 5. The van der Waals surface area contributed by atoms with Crippen LogP contribution in [0.4, 0.5) is 0 Å². The summed E-state index contributed by atoms with van der Waals surface area (Å²) in [4.78, 5) is 17.0. The molecule has 0 aliphatic heterocycles. The maximum Gasteiger partial charge on any atom is 0.258 e.